The summed E-state index contributed by atoms with van der Waals surface area (Å²) in [6.45, 7) is 3.93. The second-order valence-electron chi connectivity index (χ2n) is 5.10. The molecule has 17 heavy (non-hydrogen) atoms. The van der Waals surface area contributed by atoms with Crippen LogP contribution < -0.4 is 11.1 Å². The first-order valence-electron chi connectivity index (χ1n) is 5.64. The van der Waals surface area contributed by atoms with E-state index in [2.05, 4.69) is 5.32 Å². The Morgan fingerprint density at radius 1 is 1.41 bits per heavy atom. The monoisotopic (exact) mass is 254 g/mol. The summed E-state index contributed by atoms with van der Waals surface area (Å²) in [5, 5.41) is 3.32. The van der Waals surface area contributed by atoms with Gasteiger partial charge in [0.25, 0.3) is 0 Å². The highest BCUT2D eigenvalue weighted by molar-refractivity contribution is 7.91. The summed E-state index contributed by atoms with van der Waals surface area (Å²) in [6.07, 6.45) is 0.642. The summed E-state index contributed by atoms with van der Waals surface area (Å²) in [5.41, 5.74) is 8.04. The fourth-order valence-electron chi connectivity index (χ4n) is 2.21. The van der Waals surface area contributed by atoms with Crippen molar-refractivity contribution in [3.8, 4) is 0 Å². The second-order valence-corrected chi connectivity index (χ2v) is 7.29. The van der Waals surface area contributed by atoms with Gasteiger partial charge in [-0.05, 0) is 38.0 Å². The first-order valence-corrected chi connectivity index (χ1v) is 7.47. The van der Waals surface area contributed by atoms with Gasteiger partial charge in [0.1, 0.15) is 0 Å². The van der Waals surface area contributed by atoms with Gasteiger partial charge in [-0.3, -0.25) is 0 Å². The molecule has 5 heteroatoms. The number of hydrogen-bond donors (Lipinski definition) is 2. The number of aryl methyl sites for hydroxylation is 1. The molecular weight excluding hydrogens is 236 g/mol. The molecule has 1 aromatic carbocycles. The Hall–Kier alpha value is -1.23. The Labute approximate surface area is 102 Å². The zero-order chi connectivity index (χ0) is 12.7. The first kappa shape index (κ1) is 12.2. The Morgan fingerprint density at radius 2 is 2.12 bits per heavy atom. The molecule has 2 rings (SSSR count). The van der Waals surface area contributed by atoms with Gasteiger partial charge in [-0.1, -0.05) is 6.07 Å². The normalized spacial score (nSPS) is 26.9. The van der Waals surface area contributed by atoms with Gasteiger partial charge in [0.15, 0.2) is 9.84 Å². The van der Waals surface area contributed by atoms with Crippen LogP contribution in [0.25, 0.3) is 0 Å². The van der Waals surface area contributed by atoms with Gasteiger partial charge in [-0.15, -0.1) is 0 Å². The summed E-state index contributed by atoms with van der Waals surface area (Å²) in [5.74, 6) is 0.450. The number of anilines is 2. The Bertz CT molecular complexity index is 539. The van der Waals surface area contributed by atoms with E-state index in [1.165, 1.54) is 0 Å². The number of benzene rings is 1. The number of nitrogens with two attached hydrogens (primary N) is 1. The van der Waals surface area contributed by atoms with Crippen molar-refractivity contribution in [3.63, 3.8) is 0 Å². The fraction of sp³-hybridized carbons (Fsp3) is 0.500. The van der Waals surface area contributed by atoms with Crippen LogP contribution in [0.15, 0.2) is 18.2 Å². The van der Waals surface area contributed by atoms with Crippen LogP contribution in [0.2, 0.25) is 0 Å². The smallest absolute Gasteiger partial charge is 0.152 e. The van der Waals surface area contributed by atoms with Crippen LogP contribution in [0.4, 0.5) is 11.4 Å². The third-order valence-corrected chi connectivity index (χ3v) is 5.10. The van der Waals surface area contributed by atoms with E-state index in [0.717, 1.165) is 11.3 Å². The summed E-state index contributed by atoms with van der Waals surface area (Å²) >= 11 is 0. The third-order valence-electron chi connectivity index (χ3n) is 3.20. The molecule has 0 amide bonds. The zero-order valence-electron chi connectivity index (χ0n) is 10.2. The molecule has 0 saturated carbocycles. The predicted molar refractivity (Wildman–Crippen MR) is 70.9 cm³/mol. The molecule has 1 atom stereocenters. The molecule has 94 valence electrons. The van der Waals surface area contributed by atoms with Gasteiger partial charge in [-0.2, -0.15) is 0 Å². The SMILES string of the molecule is Cc1ccc(N)cc1NC1(C)CCS(=O)(=O)C1. The van der Waals surface area contributed by atoms with Gasteiger partial charge < -0.3 is 11.1 Å². The minimum absolute atomic E-state index is 0.189. The molecule has 1 saturated heterocycles. The molecule has 3 N–H and O–H groups in total. The molecule has 0 aromatic heterocycles. The van der Waals surface area contributed by atoms with Crippen LogP contribution in [0.5, 0.6) is 0 Å². The van der Waals surface area contributed by atoms with Crippen molar-refractivity contribution in [3.05, 3.63) is 23.8 Å². The van der Waals surface area contributed by atoms with E-state index in [9.17, 15) is 8.42 Å². The molecule has 1 aliphatic heterocycles. The summed E-state index contributed by atoms with van der Waals surface area (Å²) in [6, 6.07) is 5.63. The van der Waals surface area contributed by atoms with E-state index in [1.807, 2.05) is 32.0 Å². The fourth-order valence-corrected chi connectivity index (χ4v) is 4.30. The van der Waals surface area contributed by atoms with Gasteiger partial charge in [0, 0.05) is 16.9 Å². The number of rotatable bonds is 2. The van der Waals surface area contributed by atoms with Gasteiger partial charge in [0.2, 0.25) is 0 Å². The predicted octanol–water partition coefficient (Wildman–Crippen LogP) is 1.57. The summed E-state index contributed by atoms with van der Waals surface area (Å²) < 4.78 is 23.0. The number of nitrogens with one attached hydrogen (secondary N) is 1. The maximum atomic E-state index is 11.5. The maximum absolute atomic E-state index is 11.5. The van der Waals surface area contributed by atoms with Crippen molar-refractivity contribution in [2.75, 3.05) is 22.6 Å². The Morgan fingerprint density at radius 3 is 2.71 bits per heavy atom. The molecule has 0 aliphatic carbocycles. The van der Waals surface area contributed by atoms with Gasteiger partial charge in [-0.25, -0.2) is 8.42 Å². The minimum atomic E-state index is -2.89. The molecule has 1 fully saturated rings. The standard InChI is InChI=1S/C12H18N2O2S/c1-9-3-4-10(13)7-11(9)14-12(2)5-6-17(15,16)8-12/h3-4,7,14H,5-6,8,13H2,1-2H3. The highest BCUT2D eigenvalue weighted by Gasteiger charge is 2.38. The molecule has 1 unspecified atom stereocenters. The van der Waals surface area contributed by atoms with Crippen LogP contribution in [0, 0.1) is 6.92 Å². The molecular formula is C12H18N2O2S. The average Bonchev–Trinajstić information content (AvgIpc) is 2.47. The zero-order valence-corrected chi connectivity index (χ0v) is 11.0. The maximum Gasteiger partial charge on any atom is 0.152 e. The largest absolute Gasteiger partial charge is 0.399 e. The van der Waals surface area contributed by atoms with E-state index in [0.29, 0.717) is 12.1 Å². The highest BCUT2D eigenvalue weighted by Crippen LogP contribution is 2.29. The van der Waals surface area contributed by atoms with Crippen molar-refractivity contribution in [1.29, 1.82) is 0 Å². The van der Waals surface area contributed by atoms with Gasteiger partial charge in [0.05, 0.1) is 11.5 Å². The first-order chi connectivity index (χ1) is 7.80. The van der Waals surface area contributed by atoms with Crippen LogP contribution in [-0.2, 0) is 9.84 Å². The topological polar surface area (TPSA) is 72.2 Å². The lowest BCUT2D eigenvalue weighted by Crippen LogP contribution is -2.36. The lowest BCUT2D eigenvalue weighted by molar-refractivity contribution is 0.574. The summed E-state index contributed by atoms with van der Waals surface area (Å²) in [7, 11) is -2.89. The van der Waals surface area contributed by atoms with Crippen molar-refractivity contribution < 1.29 is 8.42 Å². The van der Waals surface area contributed by atoms with Crippen LogP contribution >= 0.6 is 0 Å². The molecule has 0 radical (unpaired) electrons. The highest BCUT2D eigenvalue weighted by atomic mass is 32.2. The van der Waals surface area contributed by atoms with Crippen LogP contribution in [-0.4, -0.2) is 25.5 Å². The van der Waals surface area contributed by atoms with Crippen LogP contribution in [0.3, 0.4) is 0 Å². The van der Waals surface area contributed by atoms with Crippen molar-refractivity contribution in [2.24, 2.45) is 0 Å². The van der Waals surface area contributed by atoms with E-state index < -0.39 is 9.84 Å². The quantitative estimate of drug-likeness (QED) is 0.786. The van der Waals surface area contributed by atoms with Crippen molar-refractivity contribution in [1.82, 2.24) is 0 Å². The minimum Gasteiger partial charge on any atom is -0.399 e. The average molecular weight is 254 g/mol. The number of sulfone groups is 1. The molecule has 1 aromatic rings. The van der Waals surface area contributed by atoms with E-state index in [1.54, 1.807) is 0 Å². The molecule has 0 bridgehead atoms. The molecule has 1 aliphatic rings. The van der Waals surface area contributed by atoms with Crippen molar-refractivity contribution in [2.45, 2.75) is 25.8 Å². The lowest BCUT2D eigenvalue weighted by Gasteiger charge is -2.26. The summed E-state index contributed by atoms with van der Waals surface area (Å²) in [4.78, 5) is 0. The Balaban J connectivity index is 2.24. The van der Waals surface area contributed by atoms with Gasteiger partial charge >= 0.3 is 0 Å². The molecule has 0 spiro atoms. The lowest BCUT2D eigenvalue weighted by atomic mass is 10.0. The molecule has 1 heterocycles. The van der Waals surface area contributed by atoms with E-state index >= 15 is 0 Å². The number of nitrogen functional groups attached to an aromatic ring is 1. The second kappa shape index (κ2) is 3.91. The third kappa shape index (κ3) is 2.72. The van der Waals surface area contributed by atoms with Crippen LogP contribution in [0.1, 0.15) is 18.9 Å². The van der Waals surface area contributed by atoms with Crippen molar-refractivity contribution >= 4 is 21.2 Å². The Kier molecular flexibility index (Phi) is 2.81. The van der Waals surface area contributed by atoms with E-state index in [4.69, 9.17) is 5.73 Å². The molecule has 4 nitrogen and oxygen atoms in total. The van der Waals surface area contributed by atoms with E-state index in [-0.39, 0.29) is 17.0 Å². The number of hydrogen-bond acceptors (Lipinski definition) is 4.